The predicted molar refractivity (Wildman–Crippen MR) is 80.2 cm³/mol. The maximum absolute atomic E-state index is 13.7. The van der Waals surface area contributed by atoms with Crippen LogP contribution in [0.25, 0.3) is 0 Å². The lowest BCUT2D eigenvalue weighted by Crippen LogP contribution is -2.44. The van der Waals surface area contributed by atoms with Crippen LogP contribution >= 0.6 is 11.6 Å². The van der Waals surface area contributed by atoms with Crippen molar-refractivity contribution >= 4 is 17.5 Å². The van der Waals surface area contributed by atoms with E-state index in [1.807, 2.05) is 13.8 Å². The van der Waals surface area contributed by atoms with Gasteiger partial charge in [-0.15, -0.1) is 0 Å². The summed E-state index contributed by atoms with van der Waals surface area (Å²) in [7, 11) is 3.43. The van der Waals surface area contributed by atoms with Gasteiger partial charge in [0.2, 0.25) is 5.91 Å². The van der Waals surface area contributed by atoms with E-state index in [4.69, 9.17) is 11.6 Å². The van der Waals surface area contributed by atoms with Crippen molar-refractivity contribution in [1.29, 1.82) is 0 Å². The monoisotopic (exact) mass is 300 g/mol. The van der Waals surface area contributed by atoms with Crippen LogP contribution in [0.15, 0.2) is 18.2 Å². The van der Waals surface area contributed by atoms with Crippen molar-refractivity contribution in [1.82, 2.24) is 10.2 Å². The average Bonchev–Trinajstić information content (AvgIpc) is 2.35. The second-order valence-corrected chi connectivity index (χ2v) is 5.90. The first-order valence-electron chi connectivity index (χ1n) is 6.70. The van der Waals surface area contributed by atoms with E-state index >= 15 is 0 Å². The molecule has 0 spiro atoms. The Hall–Kier alpha value is -1.13. The molecule has 0 aromatic heterocycles. The zero-order valence-electron chi connectivity index (χ0n) is 12.4. The Bertz CT molecular complexity index is 443. The number of likely N-dealkylation sites (N-methyl/N-ethyl adjacent to an activating group) is 1. The molecule has 0 aliphatic carbocycles. The molecular formula is C15H22ClFN2O. The highest BCUT2D eigenvalue weighted by Gasteiger charge is 2.21. The van der Waals surface area contributed by atoms with Crippen LogP contribution in [0.4, 0.5) is 4.39 Å². The number of nitrogens with one attached hydrogen (secondary N) is 1. The summed E-state index contributed by atoms with van der Waals surface area (Å²) in [5.41, 5.74) is 0.398. The van der Waals surface area contributed by atoms with Crippen LogP contribution < -0.4 is 5.32 Å². The van der Waals surface area contributed by atoms with E-state index in [1.165, 1.54) is 6.07 Å². The average molecular weight is 301 g/mol. The van der Waals surface area contributed by atoms with Crippen molar-refractivity contribution in [2.45, 2.75) is 32.9 Å². The van der Waals surface area contributed by atoms with E-state index in [9.17, 15) is 9.18 Å². The van der Waals surface area contributed by atoms with Gasteiger partial charge < -0.3 is 10.2 Å². The van der Waals surface area contributed by atoms with Gasteiger partial charge in [-0.05, 0) is 24.5 Å². The Labute approximate surface area is 125 Å². The summed E-state index contributed by atoms with van der Waals surface area (Å²) in [6, 6.07) is 4.25. The van der Waals surface area contributed by atoms with Gasteiger partial charge in [0.25, 0.3) is 0 Å². The van der Waals surface area contributed by atoms with Crippen LogP contribution in [0.2, 0.25) is 5.02 Å². The quantitative estimate of drug-likeness (QED) is 0.875. The second kappa shape index (κ2) is 7.60. The molecular weight excluding hydrogens is 279 g/mol. The van der Waals surface area contributed by atoms with Crippen LogP contribution in [-0.2, 0) is 11.3 Å². The lowest BCUT2D eigenvalue weighted by atomic mass is 10.0. The largest absolute Gasteiger partial charge is 0.347 e. The summed E-state index contributed by atoms with van der Waals surface area (Å²) in [5.74, 6) is 0.00394. The maximum Gasteiger partial charge on any atom is 0.239 e. The molecule has 112 valence electrons. The van der Waals surface area contributed by atoms with Gasteiger partial charge in [-0.25, -0.2) is 4.39 Å². The summed E-state index contributed by atoms with van der Waals surface area (Å²) >= 11 is 5.99. The molecule has 0 saturated carbocycles. The number of hydrogen-bond donors (Lipinski definition) is 1. The number of halogens is 2. The van der Waals surface area contributed by atoms with Gasteiger partial charge in [-0.1, -0.05) is 31.5 Å². The third-order valence-corrected chi connectivity index (χ3v) is 3.39. The first kappa shape index (κ1) is 16.9. The zero-order valence-corrected chi connectivity index (χ0v) is 13.2. The first-order chi connectivity index (χ1) is 9.32. The van der Waals surface area contributed by atoms with E-state index < -0.39 is 0 Å². The molecule has 5 heteroatoms. The SMILES string of the molecule is CC(C)CC(NCc1c(F)cccc1Cl)C(=O)N(C)C. The number of rotatable bonds is 6. The molecule has 1 amide bonds. The molecule has 0 aliphatic heterocycles. The predicted octanol–water partition coefficient (Wildman–Crippen LogP) is 3.07. The van der Waals surface area contributed by atoms with Gasteiger partial charge in [0.15, 0.2) is 0 Å². The molecule has 20 heavy (non-hydrogen) atoms. The summed E-state index contributed by atoms with van der Waals surface area (Å²) < 4.78 is 13.7. The molecule has 0 aliphatic rings. The molecule has 0 fully saturated rings. The Balaban J connectivity index is 2.78. The summed E-state index contributed by atoms with van der Waals surface area (Å²) in [6.07, 6.45) is 0.698. The van der Waals surface area contributed by atoms with Gasteiger partial charge in [0.1, 0.15) is 5.82 Å². The van der Waals surface area contributed by atoms with Gasteiger partial charge in [-0.2, -0.15) is 0 Å². The topological polar surface area (TPSA) is 32.3 Å². The van der Waals surface area contributed by atoms with Crippen molar-refractivity contribution in [3.8, 4) is 0 Å². The molecule has 0 radical (unpaired) electrons. The fraction of sp³-hybridized carbons (Fsp3) is 0.533. The van der Waals surface area contributed by atoms with Gasteiger partial charge >= 0.3 is 0 Å². The van der Waals surface area contributed by atoms with Crippen LogP contribution in [-0.4, -0.2) is 30.9 Å². The Morgan fingerprint density at radius 2 is 2.05 bits per heavy atom. The summed E-state index contributed by atoms with van der Waals surface area (Å²) in [4.78, 5) is 13.7. The minimum absolute atomic E-state index is 0.00818. The van der Waals surface area contributed by atoms with Crippen molar-refractivity contribution < 1.29 is 9.18 Å². The van der Waals surface area contributed by atoms with Gasteiger partial charge in [0, 0.05) is 31.2 Å². The van der Waals surface area contributed by atoms with E-state index in [1.54, 1.807) is 31.1 Å². The number of hydrogen-bond acceptors (Lipinski definition) is 2. The van der Waals surface area contributed by atoms with Crippen molar-refractivity contribution in [2.75, 3.05) is 14.1 Å². The molecule has 1 atom stereocenters. The smallest absolute Gasteiger partial charge is 0.239 e. The maximum atomic E-state index is 13.7. The number of amides is 1. The molecule has 0 bridgehead atoms. The van der Waals surface area contributed by atoms with Crippen LogP contribution in [0.1, 0.15) is 25.8 Å². The third-order valence-electron chi connectivity index (χ3n) is 3.03. The van der Waals surface area contributed by atoms with Crippen LogP contribution in [0.5, 0.6) is 0 Å². The van der Waals surface area contributed by atoms with Crippen LogP contribution in [0, 0.1) is 11.7 Å². The minimum Gasteiger partial charge on any atom is -0.347 e. The highest BCUT2D eigenvalue weighted by molar-refractivity contribution is 6.31. The van der Waals surface area contributed by atoms with Crippen LogP contribution in [0.3, 0.4) is 0 Å². The van der Waals surface area contributed by atoms with Crippen molar-refractivity contribution in [3.63, 3.8) is 0 Å². The molecule has 1 unspecified atom stereocenters. The van der Waals surface area contributed by atoms with E-state index in [2.05, 4.69) is 5.32 Å². The first-order valence-corrected chi connectivity index (χ1v) is 7.08. The van der Waals surface area contributed by atoms with Crippen molar-refractivity contribution in [2.24, 2.45) is 5.92 Å². The second-order valence-electron chi connectivity index (χ2n) is 5.50. The summed E-state index contributed by atoms with van der Waals surface area (Å²) in [5, 5.41) is 3.49. The van der Waals surface area contributed by atoms with E-state index in [0.717, 1.165) is 0 Å². The Morgan fingerprint density at radius 3 is 2.55 bits per heavy atom. The Kier molecular flexibility index (Phi) is 6.43. The molecule has 3 nitrogen and oxygen atoms in total. The van der Waals surface area contributed by atoms with Gasteiger partial charge in [-0.3, -0.25) is 4.79 Å². The van der Waals surface area contributed by atoms with E-state index in [0.29, 0.717) is 22.9 Å². The molecule has 1 rings (SSSR count). The number of benzene rings is 1. The number of nitrogens with zero attached hydrogens (tertiary/aromatic N) is 1. The fourth-order valence-corrected chi connectivity index (χ4v) is 2.21. The highest BCUT2D eigenvalue weighted by Crippen LogP contribution is 2.19. The fourth-order valence-electron chi connectivity index (χ4n) is 1.98. The number of carbonyl (C=O) groups is 1. The summed E-state index contributed by atoms with van der Waals surface area (Å²) in [6.45, 7) is 4.34. The molecule has 0 saturated heterocycles. The lowest BCUT2D eigenvalue weighted by Gasteiger charge is -2.23. The number of carbonyl (C=O) groups excluding carboxylic acids is 1. The lowest BCUT2D eigenvalue weighted by molar-refractivity contribution is -0.131. The zero-order chi connectivity index (χ0) is 15.3. The minimum atomic E-state index is -0.356. The van der Waals surface area contributed by atoms with Gasteiger partial charge in [0.05, 0.1) is 6.04 Å². The molecule has 1 aromatic carbocycles. The molecule has 1 N–H and O–H groups in total. The van der Waals surface area contributed by atoms with E-state index in [-0.39, 0.29) is 24.3 Å². The standard InChI is InChI=1S/C15H22ClFN2O/c1-10(2)8-14(15(20)19(3)4)18-9-11-12(16)6-5-7-13(11)17/h5-7,10,14,18H,8-9H2,1-4H3. The highest BCUT2D eigenvalue weighted by atomic mass is 35.5. The Morgan fingerprint density at radius 1 is 1.40 bits per heavy atom. The third kappa shape index (κ3) is 4.76. The normalized spacial score (nSPS) is 12.6. The van der Waals surface area contributed by atoms with Crippen molar-refractivity contribution in [3.05, 3.63) is 34.6 Å². The molecule has 1 aromatic rings. The molecule has 0 heterocycles.